The van der Waals surface area contributed by atoms with Crippen LogP contribution in [0.15, 0.2) is 23.2 Å². The number of anilines is 1. The van der Waals surface area contributed by atoms with Crippen molar-refractivity contribution in [2.24, 2.45) is 0 Å². The van der Waals surface area contributed by atoms with Crippen molar-refractivity contribution >= 4 is 27.6 Å². The van der Waals surface area contributed by atoms with E-state index in [1.807, 2.05) is 6.07 Å². The molecule has 0 saturated heterocycles. The first-order valence-electron chi connectivity index (χ1n) is 8.41. The van der Waals surface area contributed by atoms with Crippen LogP contribution in [0, 0.1) is 29.9 Å². The van der Waals surface area contributed by atoms with Gasteiger partial charge in [-0.15, -0.1) is 0 Å². The molecule has 2 heterocycles. The molecule has 1 aliphatic heterocycles. The second kappa shape index (κ2) is 7.64. The minimum Gasteiger partial charge on any atom is -0.345 e. The Morgan fingerprint density at radius 3 is 2.77 bits per heavy atom. The van der Waals surface area contributed by atoms with Crippen molar-refractivity contribution in [3.63, 3.8) is 0 Å². The summed E-state index contributed by atoms with van der Waals surface area (Å²) >= 11 is 0. The van der Waals surface area contributed by atoms with E-state index in [-0.39, 0.29) is 18.5 Å². The lowest BCUT2D eigenvalue weighted by molar-refractivity contribution is -0.121. The molecule has 160 valence electrons. The Bertz CT molecular complexity index is 1220. The Kier molecular flexibility index (Phi) is 5.36. The number of aromatic nitrogens is 2. The van der Waals surface area contributed by atoms with Crippen LogP contribution < -0.4 is 10.6 Å². The van der Waals surface area contributed by atoms with Gasteiger partial charge in [0.05, 0.1) is 23.0 Å². The lowest BCUT2D eigenvalue weighted by Crippen LogP contribution is -2.49. The number of sulfonamides is 1. The molecule has 2 aromatic rings. The number of hydrogen-bond donors (Lipinski definition) is 2. The maximum Gasteiger partial charge on any atom is 0.336 e. The summed E-state index contributed by atoms with van der Waals surface area (Å²) < 4.78 is 52.9. The first-order valence-corrected chi connectivity index (χ1v) is 9.85. The molecule has 30 heavy (non-hydrogen) atoms. The lowest BCUT2D eigenvalue weighted by atomic mass is 10.2. The number of amides is 3. The highest BCUT2D eigenvalue weighted by Gasteiger charge is 2.41. The Hall–Kier alpha value is -3.66. The van der Waals surface area contributed by atoms with Gasteiger partial charge in [-0.25, -0.2) is 36.3 Å². The maximum absolute atomic E-state index is 14.1. The summed E-state index contributed by atoms with van der Waals surface area (Å²) in [6.45, 7) is 2.10. The second-order valence-corrected chi connectivity index (χ2v) is 8.11. The molecule has 10 nitrogen and oxygen atoms in total. The number of aryl methyl sites for hydroxylation is 1. The first kappa shape index (κ1) is 21.1. The SMILES string of the molecule is Cc1nc([C@@H](C)NC(=O)CN2C(=O)Nc3ccc(F)c(F)c3S2(=O)=O)ncc1C#N.[HH].[HH]. The Morgan fingerprint density at radius 2 is 2.13 bits per heavy atom. The Balaban J connectivity index is 0.00000256. The van der Waals surface area contributed by atoms with Gasteiger partial charge < -0.3 is 10.6 Å². The fourth-order valence-corrected chi connectivity index (χ4v) is 4.21. The standard InChI is InChI=1S/C17H14F2N6O4S.2H2/c1-8-10(5-20)6-21-16(23-8)9(2)22-13(26)7-25-17(27)24-12-4-3-11(18)14(19)15(12)30(25,28)29;;/h3-4,6,9H,7H2,1-2H3,(H,22,26)(H,24,27);2*1H/t9-;;/m1../s1. The monoisotopic (exact) mass is 440 g/mol. The average Bonchev–Trinajstić information content (AvgIpc) is 2.67. The second-order valence-electron chi connectivity index (χ2n) is 6.31. The summed E-state index contributed by atoms with van der Waals surface area (Å²) in [6.07, 6.45) is 1.27. The van der Waals surface area contributed by atoms with Crippen LogP contribution in [-0.2, 0) is 14.8 Å². The van der Waals surface area contributed by atoms with Crippen molar-refractivity contribution in [3.05, 3.63) is 47.0 Å². The van der Waals surface area contributed by atoms with Crippen molar-refractivity contribution in [1.29, 1.82) is 5.26 Å². The van der Waals surface area contributed by atoms with Crippen LogP contribution in [0.1, 0.15) is 32.9 Å². The van der Waals surface area contributed by atoms with Gasteiger partial charge in [0.15, 0.2) is 17.5 Å². The summed E-state index contributed by atoms with van der Waals surface area (Å²) in [5.41, 5.74) is 0.211. The number of hydrogen-bond acceptors (Lipinski definition) is 7. The van der Waals surface area contributed by atoms with E-state index in [0.717, 1.165) is 6.07 Å². The smallest absolute Gasteiger partial charge is 0.336 e. The van der Waals surface area contributed by atoms with Gasteiger partial charge in [0, 0.05) is 9.05 Å². The summed E-state index contributed by atoms with van der Waals surface area (Å²) in [4.78, 5) is 31.5. The van der Waals surface area contributed by atoms with Crippen molar-refractivity contribution in [2.75, 3.05) is 11.9 Å². The number of carbonyl (C=O) groups excluding carboxylic acids is 2. The molecule has 0 unspecified atom stereocenters. The van der Waals surface area contributed by atoms with E-state index >= 15 is 0 Å². The van der Waals surface area contributed by atoms with Gasteiger partial charge in [0.1, 0.15) is 17.5 Å². The van der Waals surface area contributed by atoms with E-state index in [1.165, 1.54) is 13.1 Å². The van der Waals surface area contributed by atoms with Crippen LogP contribution in [0.2, 0.25) is 0 Å². The van der Waals surface area contributed by atoms with E-state index in [2.05, 4.69) is 20.6 Å². The minimum atomic E-state index is -4.82. The van der Waals surface area contributed by atoms with Gasteiger partial charge in [-0.1, -0.05) is 0 Å². The number of nitrogens with one attached hydrogen (secondary N) is 2. The lowest BCUT2D eigenvalue weighted by Gasteiger charge is -2.28. The molecule has 3 amide bonds. The third kappa shape index (κ3) is 3.64. The molecule has 1 atom stereocenters. The first-order chi connectivity index (χ1) is 14.1. The molecule has 2 N–H and O–H groups in total. The van der Waals surface area contributed by atoms with Crippen molar-refractivity contribution < 1.29 is 29.6 Å². The van der Waals surface area contributed by atoms with Crippen LogP contribution in [0.4, 0.5) is 19.3 Å². The zero-order chi connectivity index (χ0) is 22.2. The number of rotatable bonds is 4. The number of benzene rings is 1. The topological polar surface area (TPSA) is 145 Å². The number of urea groups is 1. The number of fused-ring (bicyclic) bond motifs is 1. The largest absolute Gasteiger partial charge is 0.345 e. The Morgan fingerprint density at radius 1 is 1.43 bits per heavy atom. The van der Waals surface area contributed by atoms with E-state index in [1.54, 1.807) is 6.92 Å². The molecule has 0 saturated carbocycles. The molecule has 0 spiro atoms. The van der Waals surface area contributed by atoms with Crippen molar-refractivity contribution in [3.8, 4) is 6.07 Å². The molecule has 3 rings (SSSR count). The van der Waals surface area contributed by atoms with E-state index in [9.17, 15) is 26.8 Å². The van der Waals surface area contributed by atoms with Crippen molar-refractivity contribution in [2.45, 2.75) is 24.8 Å². The van der Waals surface area contributed by atoms with Gasteiger partial charge in [-0.3, -0.25) is 4.79 Å². The maximum atomic E-state index is 14.1. The summed E-state index contributed by atoms with van der Waals surface area (Å²) in [5.74, 6) is -3.83. The predicted molar refractivity (Wildman–Crippen MR) is 102 cm³/mol. The van der Waals surface area contributed by atoms with Crippen LogP contribution in [-0.4, -0.2) is 41.2 Å². The molecule has 0 radical (unpaired) electrons. The normalized spacial score (nSPS) is 15.6. The van der Waals surface area contributed by atoms with Crippen LogP contribution in [0.5, 0.6) is 0 Å². The number of nitriles is 1. The van der Waals surface area contributed by atoms with E-state index in [0.29, 0.717) is 11.8 Å². The molecular weight excluding hydrogens is 422 g/mol. The summed E-state index contributed by atoms with van der Waals surface area (Å²) in [6, 6.07) is 1.50. The van der Waals surface area contributed by atoms with Crippen LogP contribution in [0.25, 0.3) is 0 Å². The van der Waals surface area contributed by atoms with E-state index < -0.39 is 56.8 Å². The van der Waals surface area contributed by atoms with Gasteiger partial charge in [0.25, 0.3) is 10.0 Å². The molecule has 0 aliphatic carbocycles. The van der Waals surface area contributed by atoms with Gasteiger partial charge in [0.2, 0.25) is 5.91 Å². The average molecular weight is 440 g/mol. The van der Waals surface area contributed by atoms with E-state index in [4.69, 9.17) is 5.26 Å². The summed E-state index contributed by atoms with van der Waals surface area (Å²) in [5, 5.41) is 13.4. The number of carbonyl (C=O) groups is 2. The van der Waals surface area contributed by atoms with Gasteiger partial charge >= 0.3 is 6.03 Å². The van der Waals surface area contributed by atoms with Crippen molar-refractivity contribution in [1.82, 2.24) is 19.6 Å². The molecule has 0 bridgehead atoms. The molecule has 0 fully saturated rings. The highest BCUT2D eigenvalue weighted by atomic mass is 32.2. The molecule has 1 aromatic heterocycles. The number of nitrogens with zero attached hydrogens (tertiary/aromatic N) is 4. The van der Waals surface area contributed by atoms with Crippen LogP contribution in [0.3, 0.4) is 0 Å². The highest BCUT2D eigenvalue weighted by molar-refractivity contribution is 7.90. The molecule has 1 aromatic carbocycles. The van der Waals surface area contributed by atoms with Gasteiger partial charge in [-0.05, 0) is 26.0 Å². The molecule has 1 aliphatic rings. The summed E-state index contributed by atoms with van der Waals surface area (Å²) in [7, 11) is -4.82. The molecular formula is C17H18F2N6O4S. The Labute approximate surface area is 172 Å². The zero-order valence-corrected chi connectivity index (χ0v) is 16.4. The third-order valence-corrected chi connectivity index (χ3v) is 6.03. The fourth-order valence-electron chi connectivity index (χ4n) is 2.72. The third-order valence-electron chi connectivity index (χ3n) is 4.24. The minimum absolute atomic E-state index is 0. The fraction of sp³-hybridized carbons (Fsp3) is 0.235. The zero-order valence-electron chi connectivity index (χ0n) is 15.6. The van der Waals surface area contributed by atoms with Gasteiger partial charge in [-0.2, -0.15) is 5.26 Å². The predicted octanol–water partition coefficient (Wildman–Crippen LogP) is 1.84. The van der Waals surface area contributed by atoms with Crippen LogP contribution >= 0.6 is 0 Å². The highest BCUT2D eigenvalue weighted by Crippen LogP contribution is 2.33. The number of halogens is 2. The quantitative estimate of drug-likeness (QED) is 0.738. The molecule has 13 heteroatoms.